The van der Waals surface area contributed by atoms with Crippen LogP contribution in [0.15, 0.2) is 103 Å². The Morgan fingerprint density at radius 3 is 1.76 bits per heavy atom. The van der Waals surface area contributed by atoms with Crippen LogP contribution in [-0.4, -0.2) is 28.3 Å². The standard InChI is InChI=1S/C32H29BN2O2/c1-31(2)32(3,4)37-33(36-31)27-20-19-26(24-17-11-12-18-25(24)27)29-21-28(22-13-7-5-8-14-22)34-30(35-29)23-15-9-6-10-16-23/h5-21H,1-4H3. The monoisotopic (exact) mass is 484 g/mol. The van der Waals surface area contributed by atoms with E-state index in [9.17, 15) is 0 Å². The highest BCUT2D eigenvalue weighted by Gasteiger charge is 2.52. The van der Waals surface area contributed by atoms with E-state index >= 15 is 0 Å². The first-order valence-electron chi connectivity index (χ1n) is 12.7. The summed E-state index contributed by atoms with van der Waals surface area (Å²) in [6, 6.07) is 35.1. The second kappa shape index (κ2) is 8.95. The fourth-order valence-electron chi connectivity index (χ4n) is 4.78. The van der Waals surface area contributed by atoms with Gasteiger partial charge in [-0.3, -0.25) is 0 Å². The molecule has 6 rings (SSSR count). The second-order valence-electron chi connectivity index (χ2n) is 10.5. The van der Waals surface area contributed by atoms with Crippen LogP contribution < -0.4 is 5.46 Å². The number of fused-ring (bicyclic) bond motifs is 1. The van der Waals surface area contributed by atoms with Crippen LogP contribution in [-0.2, 0) is 9.31 Å². The fourth-order valence-corrected chi connectivity index (χ4v) is 4.78. The smallest absolute Gasteiger partial charge is 0.399 e. The second-order valence-corrected chi connectivity index (χ2v) is 10.5. The summed E-state index contributed by atoms with van der Waals surface area (Å²) in [6.07, 6.45) is 0. The molecule has 0 radical (unpaired) electrons. The van der Waals surface area contributed by atoms with E-state index in [0.717, 1.165) is 44.3 Å². The van der Waals surface area contributed by atoms with Crippen molar-refractivity contribution in [2.24, 2.45) is 0 Å². The molecule has 0 bridgehead atoms. The molecule has 1 saturated heterocycles. The van der Waals surface area contributed by atoms with Crippen molar-refractivity contribution in [1.29, 1.82) is 0 Å². The van der Waals surface area contributed by atoms with Gasteiger partial charge in [0.05, 0.1) is 22.6 Å². The summed E-state index contributed by atoms with van der Waals surface area (Å²) in [5.74, 6) is 0.705. The summed E-state index contributed by atoms with van der Waals surface area (Å²) in [5.41, 5.74) is 5.08. The average Bonchev–Trinajstić information content (AvgIpc) is 3.15. The third-order valence-corrected chi connectivity index (χ3v) is 7.57. The Hall–Kier alpha value is -3.80. The lowest BCUT2D eigenvalue weighted by molar-refractivity contribution is 0.00578. The Kier molecular flexibility index (Phi) is 5.71. The van der Waals surface area contributed by atoms with Gasteiger partial charge in [0.15, 0.2) is 5.82 Å². The molecule has 5 aromatic rings. The van der Waals surface area contributed by atoms with Crippen LogP contribution in [0.4, 0.5) is 0 Å². The Morgan fingerprint density at radius 2 is 1.11 bits per heavy atom. The Morgan fingerprint density at radius 1 is 0.568 bits per heavy atom. The van der Waals surface area contributed by atoms with Gasteiger partial charge in [-0.25, -0.2) is 9.97 Å². The van der Waals surface area contributed by atoms with Crippen LogP contribution in [0.3, 0.4) is 0 Å². The van der Waals surface area contributed by atoms with E-state index in [1.807, 2.05) is 48.5 Å². The van der Waals surface area contributed by atoms with Gasteiger partial charge in [0, 0.05) is 16.7 Å². The third kappa shape index (κ3) is 4.24. The van der Waals surface area contributed by atoms with Gasteiger partial charge in [0.2, 0.25) is 0 Å². The number of benzene rings is 4. The molecule has 182 valence electrons. The van der Waals surface area contributed by atoms with Crippen LogP contribution in [0, 0.1) is 0 Å². The predicted octanol–water partition coefficient (Wildman–Crippen LogP) is 6.93. The zero-order chi connectivity index (χ0) is 25.6. The predicted molar refractivity (Wildman–Crippen MR) is 152 cm³/mol. The van der Waals surface area contributed by atoms with Crippen LogP contribution >= 0.6 is 0 Å². The van der Waals surface area contributed by atoms with Gasteiger partial charge >= 0.3 is 7.12 Å². The zero-order valence-corrected chi connectivity index (χ0v) is 21.6. The van der Waals surface area contributed by atoms with Gasteiger partial charge in [0.1, 0.15) is 0 Å². The van der Waals surface area contributed by atoms with Gasteiger partial charge in [-0.15, -0.1) is 0 Å². The molecule has 0 N–H and O–H groups in total. The molecular formula is C32H29BN2O2. The molecule has 4 nitrogen and oxygen atoms in total. The molecule has 2 heterocycles. The van der Waals surface area contributed by atoms with Crippen molar-refractivity contribution in [3.8, 4) is 33.9 Å². The number of rotatable bonds is 4. The number of nitrogens with zero attached hydrogens (tertiary/aromatic N) is 2. The van der Waals surface area contributed by atoms with Crippen molar-refractivity contribution >= 4 is 23.4 Å². The molecule has 1 aliphatic rings. The SMILES string of the molecule is CC1(C)OB(c2ccc(-c3cc(-c4ccccc4)nc(-c4ccccc4)n3)c3ccccc23)OC1(C)C. The summed E-state index contributed by atoms with van der Waals surface area (Å²) in [5, 5.41) is 2.20. The summed E-state index contributed by atoms with van der Waals surface area (Å²) in [7, 11) is -0.436. The van der Waals surface area contributed by atoms with Crippen LogP contribution in [0.1, 0.15) is 27.7 Å². The quantitative estimate of drug-likeness (QED) is 0.260. The van der Waals surface area contributed by atoms with Crippen molar-refractivity contribution in [2.75, 3.05) is 0 Å². The third-order valence-electron chi connectivity index (χ3n) is 7.57. The number of aromatic nitrogens is 2. The van der Waals surface area contributed by atoms with E-state index in [4.69, 9.17) is 19.3 Å². The molecule has 0 amide bonds. The molecule has 0 atom stereocenters. The maximum absolute atomic E-state index is 6.41. The first-order chi connectivity index (χ1) is 17.8. The van der Waals surface area contributed by atoms with E-state index in [-0.39, 0.29) is 0 Å². The first-order valence-corrected chi connectivity index (χ1v) is 12.7. The lowest BCUT2D eigenvalue weighted by atomic mass is 9.75. The molecule has 4 aromatic carbocycles. The van der Waals surface area contributed by atoms with E-state index in [2.05, 4.69) is 82.3 Å². The van der Waals surface area contributed by atoms with Crippen molar-refractivity contribution < 1.29 is 9.31 Å². The lowest BCUT2D eigenvalue weighted by Gasteiger charge is -2.32. The van der Waals surface area contributed by atoms with Crippen molar-refractivity contribution in [1.82, 2.24) is 9.97 Å². The minimum absolute atomic E-state index is 0.404. The molecular weight excluding hydrogens is 455 g/mol. The normalized spacial score (nSPS) is 16.3. The summed E-state index contributed by atoms with van der Waals surface area (Å²) in [4.78, 5) is 9.99. The Balaban J connectivity index is 1.53. The highest BCUT2D eigenvalue weighted by atomic mass is 16.7. The first kappa shape index (κ1) is 23.6. The molecule has 0 unspecified atom stereocenters. The van der Waals surface area contributed by atoms with E-state index < -0.39 is 18.3 Å². The maximum atomic E-state index is 6.41. The Labute approximate surface area is 218 Å². The van der Waals surface area contributed by atoms with E-state index in [1.54, 1.807) is 0 Å². The molecule has 1 aromatic heterocycles. The van der Waals surface area contributed by atoms with Crippen LogP contribution in [0.25, 0.3) is 44.7 Å². The minimum Gasteiger partial charge on any atom is -0.399 e. The summed E-state index contributed by atoms with van der Waals surface area (Å²) in [6.45, 7) is 8.34. The average molecular weight is 484 g/mol. The highest BCUT2D eigenvalue weighted by molar-refractivity contribution is 6.65. The van der Waals surface area contributed by atoms with Gasteiger partial charge < -0.3 is 9.31 Å². The molecule has 0 spiro atoms. The molecule has 1 fully saturated rings. The van der Waals surface area contributed by atoms with Crippen molar-refractivity contribution in [3.63, 3.8) is 0 Å². The van der Waals surface area contributed by atoms with Gasteiger partial charge in [-0.2, -0.15) is 0 Å². The molecule has 5 heteroatoms. The fraction of sp³-hybridized carbons (Fsp3) is 0.188. The van der Waals surface area contributed by atoms with E-state index in [1.165, 1.54) is 0 Å². The van der Waals surface area contributed by atoms with Crippen molar-refractivity contribution in [3.05, 3.63) is 103 Å². The number of hydrogen-bond acceptors (Lipinski definition) is 4. The molecule has 0 saturated carbocycles. The summed E-state index contributed by atoms with van der Waals surface area (Å²) >= 11 is 0. The Bertz CT molecular complexity index is 1510. The zero-order valence-electron chi connectivity index (χ0n) is 21.6. The maximum Gasteiger partial charge on any atom is 0.495 e. The molecule has 0 aliphatic carbocycles. The largest absolute Gasteiger partial charge is 0.495 e. The number of hydrogen-bond donors (Lipinski definition) is 0. The summed E-state index contributed by atoms with van der Waals surface area (Å²) < 4.78 is 12.8. The minimum atomic E-state index is -0.436. The molecule has 1 aliphatic heterocycles. The van der Waals surface area contributed by atoms with Gasteiger partial charge in [0.25, 0.3) is 0 Å². The molecule has 37 heavy (non-hydrogen) atoms. The van der Waals surface area contributed by atoms with Gasteiger partial charge in [-0.1, -0.05) is 97.1 Å². The van der Waals surface area contributed by atoms with Gasteiger partial charge in [-0.05, 0) is 50.0 Å². The van der Waals surface area contributed by atoms with Crippen LogP contribution in [0.2, 0.25) is 0 Å². The van der Waals surface area contributed by atoms with Crippen LogP contribution in [0.5, 0.6) is 0 Å². The topological polar surface area (TPSA) is 44.2 Å². The lowest BCUT2D eigenvalue weighted by Crippen LogP contribution is -2.41. The highest BCUT2D eigenvalue weighted by Crippen LogP contribution is 2.38. The van der Waals surface area contributed by atoms with Crippen molar-refractivity contribution in [2.45, 2.75) is 38.9 Å². The van der Waals surface area contributed by atoms with E-state index in [0.29, 0.717) is 5.82 Å².